The third-order valence-electron chi connectivity index (χ3n) is 3.92. The Morgan fingerprint density at radius 1 is 1.21 bits per heavy atom. The Morgan fingerprint density at radius 2 is 1.92 bits per heavy atom. The maximum atomic E-state index is 12.9. The molecule has 1 aliphatic heterocycles. The highest BCUT2D eigenvalue weighted by molar-refractivity contribution is 7.89. The van der Waals surface area contributed by atoms with Gasteiger partial charge in [0.15, 0.2) is 0 Å². The van der Waals surface area contributed by atoms with Crippen LogP contribution in [-0.2, 0) is 10.0 Å². The van der Waals surface area contributed by atoms with Crippen LogP contribution in [0.5, 0.6) is 0 Å². The number of anilines is 1. The average molecular weight is 365 g/mol. The Balaban J connectivity index is 1.89. The number of para-hydroxylation sites is 1. The van der Waals surface area contributed by atoms with Crippen molar-refractivity contribution in [2.24, 2.45) is 0 Å². The van der Waals surface area contributed by atoms with Crippen LogP contribution >= 0.6 is 11.3 Å². The molecule has 0 saturated carbocycles. The lowest BCUT2D eigenvalue weighted by molar-refractivity contribution is 0.102. The monoisotopic (exact) mass is 365 g/mol. The second kappa shape index (κ2) is 7.00. The zero-order valence-electron chi connectivity index (χ0n) is 13.4. The normalized spacial score (nSPS) is 16.0. The van der Waals surface area contributed by atoms with Crippen LogP contribution in [0, 0.1) is 6.92 Å². The minimum Gasteiger partial charge on any atom is -0.319 e. The van der Waals surface area contributed by atoms with Gasteiger partial charge in [0.25, 0.3) is 5.91 Å². The molecule has 0 unspecified atom stereocenters. The molecule has 128 valence electrons. The largest absolute Gasteiger partial charge is 0.319 e. The van der Waals surface area contributed by atoms with Gasteiger partial charge in [0.2, 0.25) is 10.0 Å². The molecule has 0 spiro atoms. The first-order valence-corrected chi connectivity index (χ1v) is 10.1. The fourth-order valence-electron chi connectivity index (χ4n) is 2.69. The van der Waals surface area contributed by atoms with Crippen molar-refractivity contribution in [3.8, 4) is 0 Å². The molecule has 1 aromatic heterocycles. The third-order valence-corrected chi connectivity index (χ3v) is 6.65. The Labute approximate surface area is 145 Å². The maximum Gasteiger partial charge on any atom is 0.275 e. The number of sulfonamides is 1. The summed E-state index contributed by atoms with van der Waals surface area (Å²) in [6.07, 6.45) is 2.78. The van der Waals surface area contributed by atoms with Crippen LogP contribution in [0.1, 0.15) is 34.8 Å². The number of hydrogen-bond acceptors (Lipinski definition) is 5. The second-order valence-corrected chi connectivity index (χ2v) is 8.64. The van der Waals surface area contributed by atoms with Crippen molar-refractivity contribution < 1.29 is 13.2 Å². The van der Waals surface area contributed by atoms with Crippen molar-refractivity contribution in [1.29, 1.82) is 0 Å². The number of aromatic nitrogens is 1. The summed E-state index contributed by atoms with van der Waals surface area (Å²) in [5.74, 6) is -0.402. The van der Waals surface area contributed by atoms with Crippen molar-refractivity contribution in [2.45, 2.75) is 31.1 Å². The van der Waals surface area contributed by atoms with Gasteiger partial charge >= 0.3 is 0 Å². The predicted molar refractivity (Wildman–Crippen MR) is 93.9 cm³/mol. The molecular weight excluding hydrogens is 346 g/mol. The van der Waals surface area contributed by atoms with Gasteiger partial charge < -0.3 is 5.32 Å². The number of piperidine rings is 1. The van der Waals surface area contributed by atoms with E-state index in [-0.39, 0.29) is 4.90 Å². The highest BCUT2D eigenvalue weighted by Crippen LogP contribution is 2.27. The van der Waals surface area contributed by atoms with E-state index in [1.54, 1.807) is 23.6 Å². The Morgan fingerprint density at radius 3 is 2.58 bits per heavy atom. The van der Waals surface area contributed by atoms with E-state index in [4.69, 9.17) is 0 Å². The molecule has 3 rings (SSSR count). The molecule has 1 amide bonds. The van der Waals surface area contributed by atoms with Crippen LogP contribution in [0.4, 0.5) is 5.69 Å². The topological polar surface area (TPSA) is 79.4 Å². The summed E-state index contributed by atoms with van der Waals surface area (Å²) >= 11 is 1.38. The fourth-order valence-corrected chi connectivity index (χ4v) is 4.95. The predicted octanol–water partition coefficient (Wildman–Crippen LogP) is 2.88. The van der Waals surface area contributed by atoms with E-state index in [0.717, 1.165) is 24.3 Å². The van der Waals surface area contributed by atoms with Gasteiger partial charge in [-0.15, -0.1) is 11.3 Å². The van der Waals surface area contributed by atoms with Crippen molar-refractivity contribution in [3.05, 3.63) is 40.3 Å². The van der Waals surface area contributed by atoms with E-state index in [9.17, 15) is 13.2 Å². The quantitative estimate of drug-likeness (QED) is 0.903. The van der Waals surface area contributed by atoms with Gasteiger partial charge in [-0.2, -0.15) is 4.31 Å². The lowest BCUT2D eigenvalue weighted by Gasteiger charge is -2.26. The molecule has 0 atom stereocenters. The zero-order valence-corrected chi connectivity index (χ0v) is 15.0. The number of carbonyl (C=O) groups excluding carboxylic acids is 1. The maximum absolute atomic E-state index is 12.9. The number of hydrogen-bond donors (Lipinski definition) is 1. The molecular formula is C16H19N3O3S2. The van der Waals surface area contributed by atoms with E-state index in [0.29, 0.717) is 24.5 Å². The SMILES string of the molecule is Cc1nc(C(=O)Nc2ccccc2S(=O)(=O)N2CCCCC2)cs1. The van der Waals surface area contributed by atoms with Crippen LogP contribution in [0.15, 0.2) is 34.5 Å². The number of thiazole rings is 1. The van der Waals surface area contributed by atoms with Crippen molar-refractivity contribution >= 4 is 33.0 Å². The van der Waals surface area contributed by atoms with Gasteiger partial charge in [0.05, 0.1) is 10.7 Å². The Bertz CT molecular complexity index is 840. The average Bonchev–Trinajstić information content (AvgIpc) is 3.03. The highest BCUT2D eigenvalue weighted by Gasteiger charge is 2.28. The fraction of sp³-hybridized carbons (Fsp3) is 0.375. The first-order valence-electron chi connectivity index (χ1n) is 7.81. The van der Waals surface area contributed by atoms with Crippen LogP contribution in [0.25, 0.3) is 0 Å². The number of rotatable bonds is 4. The summed E-state index contributed by atoms with van der Waals surface area (Å²) in [5.41, 5.74) is 0.585. The van der Waals surface area contributed by atoms with E-state index in [2.05, 4.69) is 10.3 Å². The van der Waals surface area contributed by atoms with E-state index in [1.807, 2.05) is 6.92 Å². The van der Waals surface area contributed by atoms with Gasteiger partial charge in [-0.1, -0.05) is 18.6 Å². The standard InChI is InChI=1S/C16H19N3O3S2/c1-12-17-14(11-23-12)16(20)18-13-7-3-4-8-15(13)24(21,22)19-9-5-2-6-10-19/h3-4,7-8,11H,2,5-6,9-10H2,1H3,(H,18,20). The molecule has 24 heavy (non-hydrogen) atoms. The first kappa shape index (κ1) is 17.1. The number of amides is 1. The molecule has 1 aromatic carbocycles. The molecule has 1 fully saturated rings. The van der Waals surface area contributed by atoms with Crippen LogP contribution in [0.2, 0.25) is 0 Å². The Hall–Kier alpha value is -1.77. The van der Waals surface area contributed by atoms with Crippen molar-refractivity contribution in [3.63, 3.8) is 0 Å². The zero-order chi connectivity index (χ0) is 17.2. The molecule has 6 nitrogen and oxygen atoms in total. The van der Waals surface area contributed by atoms with E-state index >= 15 is 0 Å². The van der Waals surface area contributed by atoms with Crippen LogP contribution < -0.4 is 5.32 Å². The van der Waals surface area contributed by atoms with Crippen LogP contribution in [0.3, 0.4) is 0 Å². The summed E-state index contributed by atoms with van der Waals surface area (Å²) in [5, 5.41) is 5.13. The summed E-state index contributed by atoms with van der Waals surface area (Å²) < 4.78 is 27.3. The molecule has 2 aromatic rings. The minimum atomic E-state index is -3.61. The van der Waals surface area contributed by atoms with E-state index < -0.39 is 15.9 Å². The molecule has 1 aliphatic rings. The first-order chi connectivity index (χ1) is 11.5. The minimum absolute atomic E-state index is 0.132. The molecule has 1 N–H and O–H groups in total. The molecule has 0 bridgehead atoms. The number of nitrogens with zero attached hydrogens (tertiary/aromatic N) is 2. The summed E-state index contributed by atoms with van der Waals surface area (Å²) in [6, 6.07) is 6.51. The van der Waals surface area contributed by atoms with Gasteiger partial charge in [0.1, 0.15) is 10.6 Å². The summed E-state index contributed by atoms with van der Waals surface area (Å²) in [6.45, 7) is 2.86. The highest BCUT2D eigenvalue weighted by atomic mass is 32.2. The van der Waals surface area contributed by atoms with Crippen LogP contribution in [-0.4, -0.2) is 36.7 Å². The summed E-state index contributed by atoms with van der Waals surface area (Å²) in [4.78, 5) is 16.6. The molecule has 0 aliphatic carbocycles. The smallest absolute Gasteiger partial charge is 0.275 e. The van der Waals surface area contributed by atoms with Gasteiger partial charge in [-0.05, 0) is 31.9 Å². The van der Waals surface area contributed by atoms with Gasteiger partial charge in [-0.3, -0.25) is 4.79 Å². The van der Waals surface area contributed by atoms with E-state index in [1.165, 1.54) is 21.7 Å². The third kappa shape index (κ3) is 3.50. The molecule has 2 heterocycles. The number of carbonyl (C=O) groups is 1. The molecule has 1 saturated heterocycles. The number of aryl methyl sites for hydroxylation is 1. The molecule has 8 heteroatoms. The lowest BCUT2D eigenvalue weighted by Crippen LogP contribution is -2.36. The second-order valence-electron chi connectivity index (χ2n) is 5.67. The number of benzene rings is 1. The summed E-state index contributed by atoms with van der Waals surface area (Å²) in [7, 11) is -3.61. The molecule has 0 radical (unpaired) electrons. The Kier molecular flexibility index (Phi) is 4.98. The van der Waals surface area contributed by atoms with Crippen molar-refractivity contribution in [1.82, 2.24) is 9.29 Å². The van der Waals surface area contributed by atoms with Crippen molar-refractivity contribution in [2.75, 3.05) is 18.4 Å². The number of nitrogens with one attached hydrogen (secondary N) is 1. The van der Waals surface area contributed by atoms with Gasteiger partial charge in [0, 0.05) is 18.5 Å². The lowest BCUT2D eigenvalue weighted by atomic mass is 10.2. The van der Waals surface area contributed by atoms with Gasteiger partial charge in [-0.25, -0.2) is 13.4 Å².